The average Bonchev–Trinajstić information content (AvgIpc) is 3.08. The number of carbonyl (C=O) groups is 2. The second kappa shape index (κ2) is 9.71. The number of nitrogens with one attached hydrogen (secondary N) is 1. The third-order valence-corrected chi connectivity index (χ3v) is 5.23. The van der Waals surface area contributed by atoms with Crippen molar-refractivity contribution < 1.29 is 14.3 Å². The lowest BCUT2D eigenvalue weighted by Gasteiger charge is -2.13. The molecule has 0 fully saturated rings. The van der Waals surface area contributed by atoms with Crippen molar-refractivity contribution in [1.82, 2.24) is 5.32 Å². The van der Waals surface area contributed by atoms with Gasteiger partial charge in [-0.1, -0.05) is 17.7 Å². The zero-order valence-electron chi connectivity index (χ0n) is 13.2. The molecule has 2 rings (SSSR count). The number of halogens is 1. The van der Waals surface area contributed by atoms with Crippen LogP contribution in [0.2, 0.25) is 5.02 Å². The number of esters is 1. The van der Waals surface area contributed by atoms with Gasteiger partial charge in [0.1, 0.15) is 0 Å². The Morgan fingerprint density at radius 1 is 1.29 bits per heavy atom. The van der Waals surface area contributed by atoms with E-state index in [1.165, 1.54) is 0 Å². The summed E-state index contributed by atoms with van der Waals surface area (Å²) in [7, 11) is 0. The van der Waals surface area contributed by atoms with E-state index in [4.69, 9.17) is 16.3 Å². The quantitative estimate of drug-likeness (QED) is 0.550. The summed E-state index contributed by atoms with van der Waals surface area (Å²) in [5, 5.41) is 5.38. The van der Waals surface area contributed by atoms with Gasteiger partial charge in [-0.2, -0.15) is 0 Å². The lowest BCUT2D eigenvalue weighted by Crippen LogP contribution is -2.35. The Balaban J connectivity index is 1.65. The highest BCUT2D eigenvalue weighted by Gasteiger charge is 2.17. The van der Waals surface area contributed by atoms with Crippen molar-refractivity contribution >= 4 is 46.6 Å². The van der Waals surface area contributed by atoms with E-state index in [0.29, 0.717) is 17.3 Å². The smallest absolute Gasteiger partial charge is 0.307 e. The zero-order chi connectivity index (χ0) is 17.4. The van der Waals surface area contributed by atoms with Gasteiger partial charge < -0.3 is 10.1 Å². The molecular formula is C17H18ClNO3S2. The number of hydrogen-bond donors (Lipinski definition) is 1. The fourth-order valence-electron chi connectivity index (χ4n) is 1.82. The van der Waals surface area contributed by atoms with Crippen LogP contribution in [0.3, 0.4) is 0 Å². The van der Waals surface area contributed by atoms with E-state index < -0.39 is 6.10 Å². The lowest BCUT2D eigenvalue weighted by molar-refractivity contribution is -0.154. The highest BCUT2D eigenvalue weighted by molar-refractivity contribution is 7.99. The molecule has 0 spiro atoms. The fourth-order valence-corrected chi connectivity index (χ4v) is 3.43. The van der Waals surface area contributed by atoms with Gasteiger partial charge in [0.2, 0.25) is 0 Å². The molecule has 0 saturated carbocycles. The summed E-state index contributed by atoms with van der Waals surface area (Å²) in [5.41, 5.74) is 0. The SMILES string of the molecule is C[C@H](OC(=O)CCSc1ccc(Cl)cc1)C(=O)NCc1cccs1. The summed E-state index contributed by atoms with van der Waals surface area (Å²) in [5.74, 6) is -0.0818. The first-order chi connectivity index (χ1) is 11.5. The Bertz CT molecular complexity index is 659. The van der Waals surface area contributed by atoms with Crippen molar-refractivity contribution in [2.24, 2.45) is 0 Å². The van der Waals surface area contributed by atoms with Crippen molar-refractivity contribution in [3.8, 4) is 0 Å². The van der Waals surface area contributed by atoms with Crippen LogP contribution in [-0.4, -0.2) is 23.7 Å². The van der Waals surface area contributed by atoms with Crippen LogP contribution < -0.4 is 5.32 Å². The first kappa shape index (κ1) is 18.8. The van der Waals surface area contributed by atoms with E-state index >= 15 is 0 Å². The van der Waals surface area contributed by atoms with Crippen molar-refractivity contribution in [2.75, 3.05) is 5.75 Å². The average molecular weight is 384 g/mol. The largest absolute Gasteiger partial charge is 0.453 e. The molecule has 2 aromatic rings. The molecule has 0 aliphatic heterocycles. The molecule has 0 aliphatic rings. The van der Waals surface area contributed by atoms with Crippen LogP contribution in [-0.2, 0) is 20.9 Å². The van der Waals surface area contributed by atoms with Crippen LogP contribution in [0.15, 0.2) is 46.7 Å². The number of rotatable bonds is 8. The van der Waals surface area contributed by atoms with E-state index in [0.717, 1.165) is 9.77 Å². The molecule has 1 heterocycles. The monoisotopic (exact) mass is 383 g/mol. The molecule has 1 atom stereocenters. The van der Waals surface area contributed by atoms with Gasteiger partial charge in [0.25, 0.3) is 5.91 Å². The summed E-state index contributed by atoms with van der Waals surface area (Å²) in [6, 6.07) is 11.3. The van der Waals surface area contributed by atoms with Crippen molar-refractivity contribution in [3.05, 3.63) is 51.7 Å². The number of benzene rings is 1. The van der Waals surface area contributed by atoms with Gasteiger partial charge in [-0.05, 0) is 42.6 Å². The molecule has 0 bridgehead atoms. The Hall–Kier alpha value is -1.50. The number of ether oxygens (including phenoxy) is 1. The van der Waals surface area contributed by atoms with Gasteiger partial charge in [-0.25, -0.2) is 0 Å². The van der Waals surface area contributed by atoms with Crippen LogP contribution in [0.5, 0.6) is 0 Å². The fraction of sp³-hybridized carbons (Fsp3) is 0.294. The normalized spacial score (nSPS) is 11.8. The Morgan fingerprint density at radius 3 is 2.71 bits per heavy atom. The van der Waals surface area contributed by atoms with Crippen molar-refractivity contribution in [3.63, 3.8) is 0 Å². The van der Waals surface area contributed by atoms with E-state index in [1.54, 1.807) is 30.0 Å². The first-order valence-corrected chi connectivity index (χ1v) is 9.67. The lowest BCUT2D eigenvalue weighted by atomic mass is 10.3. The van der Waals surface area contributed by atoms with E-state index in [2.05, 4.69) is 5.32 Å². The molecule has 0 aliphatic carbocycles. The number of amides is 1. The van der Waals surface area contributed by atoms with Crippen LogP contribution in [0, 0.1) is 0 Å². The third kappa shape index (κ3) is 6.55. The number of carbonyl (C=O) groups excluding carboxylic acids is 2. The number of thioether (sulfide) groups is 1. The van der Waals surface area contributed by atoms with E-state index in [-0.39, 0.29) is 18.3 Å². The molecule has 0 saturated heterocycles. The minimum absolute atomic E-state index is 0.246. The minimum atomic E-state index is -0.794. The standard InChI is InChI=1S/C17H18ClNO3S2/c1-12(17(21)19-11-15-3-2-9-23-15)22-16(20)8-10-24-14-6-4-13(18)5-7-14/h2-7,9,12H,8,10-11H2,1H3,(H,19,21)/t12-/m0/s1. The maximum absolute atomic E-state index is 11.9. The van der Waals surface area contributed by atoms with Gasteiger partial charge in [-0.3, -0.25) is 9.59 Å². The molecule has 1 aromatic carbocycles. The minimum Gasteiger partial charge on any atom is -0.453 e. The molecule has 24 heavy (non-hydrogen) atoms. The molecule has 4 nitrogen and oxygen atoms in total. The Labute approximate surface area is 154 Å². The Kier molecular flexibility index (Phi) is 7.62. The molecular weight excluding hydrogens is 366 g/mol. The molecule has 0 unspecified atom stereocenters. The predicted octanol–water partition coefficient (Wildman–Crippen LogP) is 4.13. The highest BCUT2D eigenvalue weighted by atomic mass is 35.5. The van der Waals surface area contributed by atoms with Gasteiger partial charge in [-0.15, -0.1) is 23.1 Å². The second-order valence-electron chi connectivity index (χ2n) is 4.98. The van der Waals surface area contributed by atoms with Gasteiger partial charge >= 0.3 is 5.97 Å². The van der Waals surface area contributed by atoms with Crippen LogP contribution >= 0.6 is 34.7 Å². The summed E-state index contributed by atoms with van der Waals surface area (Å²) in [6.07, 6.45) is -0.548. The summed E-state index contributed by atoms with van der Waals surface area (Å²) < 4.78 is 5.16. The van der Waals surface area contributed by atoms with E-state index in [1.807, 2.05) is 41.8 Å². The molecule has 1 aromatic heterocycles. The maximum atomic E-state index is 11.9. The molecule has 7 heteroatoms. The Morgan fingerprint density at radius 2 is 2.04 bits per heavy atom. The number of hydrogen-bond acceptors (Lipinski definition) is 5. The van der Waals surface area contributed by atoms with Gasteiger partial charge in [0.05, 0.1) is 13.0 Å². The highest BCUT2D eigenvalue weighted by Crippen LogP contribution is 2.21. The third-order valence-electron chi connectivity index (χ3n) is 3.08. The molecule has 1 amide bonds. The zero-order valence-corrected chi connectivity index (χ0v) is 15.5. The molecule has 1 N–H and O–H groups in total. The van der Waals surface area contributed by atoms with Gasteiger partial charge in [0.15, 0.2) is 6.10 Å². The van der Waals surface area contributed by atoms with Crippen LogP contribution in [0.25, 0.3) is 0 Å². The predicted molar refractivity (Wildman–Crippen MR) is 98.5 cm³/mol. The summed E-state index contributed by atoms with van der Waals surface area (Å²) in [4.78, 5) is 25.8. The molecule has 0 radical (unpaired) electrons. The maximum Gasteiger partial charge on any atom is 0.307 e. The number of thiophene rings is 1. The van der Waals surface area contributed by atoms with Gasteiger partial charge in [0, 0.05) is 20.5 Å². The summed E-state index contributed by atoms with van der Waals surface area (Å²) >= 11 is 8.93. The van der Waals surface area contributed by atoms with Crippen molar-refractivity contribution in [2.45, 2.75) is 30.9 Å². The van der Waals surface area contributed by atoms with Crippen molar-refractivity contribution in [1.29, 1.82) is 0 Å². The molecule has 128 valence electrons. The first-order valence-electron chi connectivity index (χ1n) is 7.42. The topological polar surface area (TPSA) is 55.4 Å². The second-order valence-corrected chi connectivity index (χ2v) is 7.62. The van der Waals surface area contributed by atoms with E-state index in [9.17, 15) is 9.59 Å². The van der Waals surface area contributed by atoms with Crippen LogP contribution in [0.4, 0.5) is 0 Å². The van der Waals surface area contributed by atoms with Crippen LogP contribution in [0.1, 0.15) is 18.2 Å². The summed E-state index contributed by atoms with van der Waals surface area (Å²) in [6.45, 7) is 2.03.